The Morgan fingerprint density at radius 3 is 2.56 bits per heavy atom. The van der Waals surface area contributed by atoms with Crippen LogP contribution in [-0.4, -0.2) is 24.3 Å². The van der Waals surface area contributed by atoms with Crippen LogP contribution in [0.25, 0.3) is 0 Å². The van der Waals surface area contributed by atoms with Gasteiger partial charge in [-0.1, -0.05) is 0 Å². The molecule has 1 rings (SSSR count). The second kappa shape index (κ2) is 4.09. The van der Waals surface area contributed by atoms with Crippen LogP contribution in [0.3, 0.4) is 0 Å². The molecule has 0 unspecified atom stereocenters. The molecule has 2 nitrogen and oxygen atoms in total. The van der Waals surface area contributed by atoms with Gasteiger partial charge in [0.2, 0.25) is 0 Å². The first kappa shape index (κ1) is 9.21. The summed E-state index contributed by atoms with van der Waals surface area (Å²) < 4.78 is 0. The minimum absolute atomic E-state index is 0. The summed E-state index contributed by atoms with van der Waals surface area (Å²) >= 11 is 0. The van der Waals surface area contributed by atoms with Gasteiger partial charge < -0.3 is 10.4 Å². The maximum Gasteiger partial charge on any atom is 0.0471 e. The summed E-state index contributed by atoms with van der Waals surface area (Å²) in [5.41, 5.74) is 0. The SMILES string of the molecule is C[C@@H]1C[C@H](CO)CN1.Cl. The smallest absolute Gasteiger partial charge is 0.0471 e. The minimum Gasteiger partial charge on any atom is -0.396 e. The molecule has 1 aliphatic heterocycles. The second-order valence-corrected chi connectivity index (χ2v) is 2.59. The highest BCUT2D eigenvalue weighted by Gasteiger charge is 2.18. The average molecular weight is 152 g/mol. The number of aliphatic hydroxyl groups excluding tert-OH is 1. The van der Waals surface area contributed by atoms with Gasteiger partial charge >= 0.3 is 0 Å². The van der Waals surface area contributed by atoms with Crippen molar-refractivity contribution in [3.05, 3.63) is 0 Å². The molecule has 1 fully saturated rings. The fraction of sp³-hybridized carbons (Fsp3) is 1.00. The van der Waals surface area contributed by atoms with E-state index in [0.29, 0.717) is 18.6 Å². The lowest BCUT2D eigenvalue weighted by Gasteiger charge is -1.99. The first-order chi connectivity index (χ1) is 3.83. The Morgan fingerprint density at radius 1 is 1.67 bits per heavy atom. The molecule has 0 spiro atoms. The van der Waals surface area contributed by atoms with Crippen LogP contribution in [0.15, 0.2) is 0 Å². The third-order valence-corrected chi connectivity index (χ3v) is 1.70. The number of hydrogen-bond donors (Lipinski definition) is 2. The molecule has 2 atom stereocenters. The van der Waals surface area contributed by atoms with E-state index in [1.54, 1.807) is 0 Å². The Balaban J connectivity index is 0.000000640. The van der Waals surface area contributed by atoms with E-state index in [1.165, 1.54) is 0 Å². The molecule has 1 saturated heterocycles. The zero-order chi connectivity index (χ0) is 5.98. The fourth-order valence-electron chi connectivity index (χ4n) is 1.17. The first-order valence-electron chi connectivity index (χ1n) is 3.17. The van der Waals surface area contributed by atoms with Crippen LogP contribution >= 0.6 is 12.4 Å². The zero-order valence-electron chi connectivity index (χ0n) is 5.63. The van der Waals surface area contributed by atoms with Crippen molar-refractivity contribution in [2.75, 3.05) is 13.2 Å². The van der Waals surface area contributed by atoms with Crippen LogP contribution in [0.2, 0.25) is 0 Å². The molecule has 0 aromatic rings. The van der Waals surface area contributed by atoms with Crippen molar-refractivity contribution in [2.24, 2.45) is 5.92 Å². The summed E-state index contributed by atoms with van der Waals surface area (Å²) in [7, 11) is 0. The highest BCUT2D eigenvalue weighted by molar-refractivity contribution is 5.85. The third-order valence-electron chi connectivity index (χ3n) is 1.70. The summed E-state index contributed by atoms with van der Waals surface area (Å²) in [6.07, 6.45) is 1.14. The lowest BCUT2D eigenvalue weighted by molar-refractivity contribution is 0.236. The Morgan fingerprint density at radius 2 is 2.33 bits per heavy atom. The molecule has 0 saturated carbocycles. The van der Waals surface area contributed by atoms with E-state index < -0.39 is 0 Å². The minimum atomic E-state index is 0. The van der Waals surface area contributed by atoms with Gasteiger partial charge in [0.25, 0.3) is 0 Å². The fourth-order valence-corrected chi connectivity index (χ4v) is 1.17. The molecular weight excluding hydrogens is 138 g/mol. The highest BCUT2D eigenvalue weighted by Crippen LogP contribution is 2.11. The van der Waals surface area contributed by atoms with Crippen LogP contribution in [0, 0.1) is 5.92 Å². The Kier molecular flexibility index (Phi) is 4.19. The molecule has 1 aliphatic rings. The van der Waals surface area contributed by atoms with Gasteiger partial charge in [-0.25, -0.2) is 0 Å². The van der Waals surface area contributed by atoms with Crippen LogP contribution in [0.4, 0.5) is 0 Å². The van der Waals surface area contributed by atoms with E-state index in [4.69, 9.17) is 5.11 Å². The third kappa shape index (κ3) is 2.52. The van der Waals surface area contributed by atoms with Gasteiger partial charge in [-0.05, 0) is 19.3 Å². The number of nitrogens with one attached hydrogen (secondary N) is 1. The normalized spacial score (nSPS) is 34.0. The Hall–Kier alpha value is 0.210. The van der Waals surface area contributed by atoms with Crippen molar-refractivity contribution < 1.29 is 5.11 Å². The molecule has 0 bridgehead atoms. The molecule has 0 amide bonds. The van der Waals surface area contributed by atoms with Gasteiger partial charge in [0.05, 0.1) is 0 Å². The predicted molar refractivity (Wildman–Crippen MR) is 39.9 cm³/mol. The summed E-state index contributed by atoms with van der Waals surface area (Å²) in [4.78, 5) is 0. The van der Waals surface area contributed by atoms with E-state index >= 15 is 0 Å². The number of halogens is 1. The monoisotopic (exact) mass is 151 g/mol. The average Bonchev–Trinajstić information content (AvgIpc) is 2.14. The molecular formula is C6H14ClNO. The summed E-state index contributed by atoms with van der Waals surface area (Å²) in [5.74, 6) is 0.519. The van der Waals surface area contributed by atoms with Gasteiger partial charge in [-0.2, -0.15) is 0 Å². The molecule has 0 radical (unpaired) electrons. The van der Waals surface area contributed by atoms with Crippen LogP contribution in [0.5, 0.6) is 0 Å². The van der Waals surface area contributed by atoms with E-state index in [9.17, 15) is 0 Å². The molecule has 9 heavy (non-hydrogen) atoms. The van der Waals surface area contributed by atoms with Crippen molar-refractivity contribution in [1.29, 1.82) is 0 Å². The molecule has 0 aliphatic carbocycles. The van der Waals surface area contributed by atoms with Gasteiger partial charge in [0, 0.05) is 19.2 Å². The lowest BCUT2D eigenvalue weighted by Crippen LogP contribution is -2.17. The van der Waals surface area contributed by atoms with Crippen LogP contribution in [0.1, 0.15) is 13.3 Å². The first-order valence-corrected chi connectivity index (χ1v) is 3.17. The molecule has 3 heteroatoms. The van der Waals surface area contributed by atoms with Crippen molar-refractivity contribution in [3.8, 4) is 0 Å². The Labute approximate surface area is 62.1 Å². The molecule has 2 N–H and O–H groups in total. The molecule has 0 aromatic carbocycles. The van der Waals surface area contributed by atoms with Crippen molar-refractivity contribution in [2.45, 2.75) is 19.4 Å². The molecule has 56 valence electrons. The topological polar surface area (TPSA) is 32.3 Å². The highest BCUT2D eigenvalue weighted by atomic mass is 35.5. The largest absolute Gasteiger partial charge is 0.396 e. The number of rotatable bonds is 1. The van der Waals surface area contributed by atoms with Crippen LogP contribution in [-0.2, 0) is 0 Å². The zero-order valence-corrected chi connectivity index (χ0v) is 6.45. The number of hydrogen-bond acceptors (Lipinski definition) is 2. The van der Waals surface area contributed by atoms with Crippen molar-refractivity contribution in [3.63, 3.8) is 0 Å². The molecule has 0 aromatic heterocycles. The Bertz CT molecular complexity index is 79.5. The van der Waals surface area contributed by atoms with E-state index in [1.807, 2.05) is 0 Å². The van der Waals surface area contributed by atoms with Crippen LogP contribution < -0.4 is 5.32 Å². The van der Waals surface area contributed by atoms with Gasteiger partial charge in [0.1, 0.15) is 0 Å². The number of aliphatic hydroxyl groups is 1. The van der Waals surface area contributed by atoms with E-state index in [2.05, 4.69) is 12.2 Å². The maximum atomic E-state index is 8.64. The van der Waals surface area contributed by atoms with Gasteiger partial charge in [0.15, 0.2) is 0 Å². The summed E-state index contributed by atoms with van der Waals surface area (Å²) in [6, 6.07) is 0.618. The second-order valence-electron chi connectivity index (χ2n) is 2.59. The van der Waals surface area contributed by atoms with Gasteiger partial charge in [-0.15, -0.1) is 12.4 Å². The van der Waals surface area contributed by atoms with E-state index in [0.717, 1.165) is 13.0 Å². The quantitative estimate of drug-likeness (QED) is 0.569. The predicted octanol–water partition coefficient (Wildman–Crippen LogP) is 0.399. The van der Waals surface area contributed by atoms with Crippen molar-refractivity contribution >= 4 is 12.4 Å². The van der Waals surface area contributed by atoms with Gasteiger partial charge in [-0.3, -0.25) is 0 Å². The molecule has 1 heterocycles. The standard InChI is InChI=1S/C6H13NO.ClH/c1-5-2-6(4-8)3-7-5;/h5-8H,2-4H2,1H3;1H/t5-,6+;/m1./s1. The maximum absolute atomic E-state index is 8.64. The lowest BCUT2D eigenvalue weighted by atomic mass is 10.1. The van der Waals surface area contributed by atoms with E-state index in [-0.39, 0.29) is 12.4 Å². The van der Waals surface area contributed by atoms with Crippen molar-refractivity contribution in [1.82, 2.24) is 5.32 Å². The summed E-state index contributed by atoms with van der Waals surface area (Å²) in [5, 5.41) is 11.9. The summed E-state index contributed by atoms with van der Waals surface area (Å²) in [6.45, 7) is 3.49.